The van der Waals surface area contributed by atoms with Crippen LogP contribution < -0.4 is 21.7 Å². The largest absolute Gasteiger partial charge is 0.483 e. The Hall–Kier alpha value is -1.85. The van der Waals surface area contributed by atoms with Crippen molar-refractivity contribution < 1.29 is 9.53 Å². The standard InChI is InChI=1S/C11H15N3O2/c12-7-3-5-9-4-1-2-6-10(9)16-8-11(15)14-13/h1-6H,7-8,12-13H2,(H,14,15). The number of carbonyl (C=O) groups excluding carboxylic acids is 1. The van der Waals surface area contributed by atoms with E-state index in [1.54, 1.807) is 6.07 Å². The van der Waals surface area contributed by atoms with Crippen molar-refractivity contribution in [3.8, 4) is 5.75 Å². The molecule has 1 aromatic carbocycles. The lowest BCUT2D eigenvalue weighted by Gasteiger charge is -2.07. The van der Waals surface area contributed by atoms with Gasteiger partial charge in [-0.25, -0.2) is 5.84 Å². The molecule has 0 fully saturated rings. The van der Waals surface area contributed by atoms with Gasteiger partial charge in [0.25, 0.3) is 5.91 Å². The minimum Gasteiger partial charge on any atom is -0.483 e. The first-order chi connectivity index (χ1) is 7.77. The van der Waals surface area contributed by atoms with Crippen molar-refractivity contribution >= 4 is 12.0 Å². The van der Waals surface area contributed by atoms with Gasteiger partial charge in [-0.1, -0.05) is 30.4 Å². The second-order valence-corrected chi connectivity index (χ2v) is 3.03. The van der Waals surface area contributed by atoms with Crippen molar-refractivity contribution in [1.82, 2.24) is 5.43 Å². The van der Waals surface area contributed by atoms with E-state index in [4.69, 9.17) is 16.3 Å². The average Bonchev–Trinajstić information content (AvgIpc) is 2.34. The lowest BCUT2D eigenvalue weighted by atomic mass is 10.2. The van der Waals surface area contributed by atoms with E-state index in [1.165, 1.54) is 0 Å². The number of ether oxygens (including phenoxy) is 1. The van der Waals surface area contributed by atoms with Crippen LogP contribution in [0.15, 0.2) is 30.3 Å². The summed E-state index contributed by atoms with van der Waals surface area (Å²) in [4.78, 5) is 10.9. The van der Waals surface area contributed by atoms with Gasteiger partial charge < -0.3 is 10.5 Å². The number of benzene rings is 1. The van der Waals surface area contributed by atoms with Crippen LogP contribution in [0.25, 0.3) is 6.08 Å². The molecule has 0 saturated heterocycles. The van der Waals surface area contributed by atoms with Crippen LogP contribution in [0.1, 0.15) is 5.56 Å². The summed E-state index contributed by atoms with van der Waals surface area (Å²) < 4.78 is 5.30. The number of para-hydroxylation sites is 1. The van der Waals surface area contributed by atoms with Crippen molar-refractivity contribution in [3.05, 3.63) is 35.9 Å². The Morgan fingerprint density at radius 3 is 2.88 bits per heavy atom. The maximum Gasteiger partial charge on any atom is 0.271 e. The van der Waals surface area contributed by atoms with Gasteiger partial charge in [-0.15, -0.1) is 0 Å². The number of rotatable bonds is 5. The summed E-state index contributed by atoms with van der Waals surface area (Å²) in [5.41, 5.74) is 8.23. The number of hydrazine groups is 1. The second kappa shape index (κ2) is 6.60. The summed E-state index contributed by atoms with van der Waals surface area (Å²) in [6.45, 7) is 0.349. The van der Waals surface area contributed by atoms with Crippen molar-refractivity contribution in [2.45, 2.75) is 0 Å². The minimum atomic E-state index is -0.377. The Morgan fingerprint density at radius 1 is 1.44 bits per heavy atom. The van der Waals surface area contributed by atoms with E-state index in [0.29, 0.717) is 12.3 Å². The number of hydrogen-bond donors (Lipinski definition) is 3. The summed E-state index contributed by atoms with van der Waals surface area (Å²) >= 11 is 0. The molecule has 0 heterocycles. The van der Waals surface area contributed by atoms with Gasteiger partial charge >= 0.3 is 0 Å². The van der Waals surface area contributed by atoms with E-state index < -0.39 is 0 Å². The van der Waals surface area contributed by atoms with Crippen LogP contribution in [-0.2, 0) is 4.79 Å². The van der Waals surface area contributed by atoms with Gasteiger partial charge in [0.15, 0.2) is 6.61 Å². The Labute approximate surface area is 94.0 Å². The average molecular weight is 221 g/mol. The first-order valence-electron chi connectivity index (χ1n) is 4.86. The summed E-state index contributed by atoms with van der Waals surface area (Å²) in [7, 11) is 0. The molecule has 16 heavy (non-hydrogen) atoms. The summed E-state index contributed by atoms with van der Waals surface area (Å²) in [6, 6.07) is 7.36. The minimum absolute atomic E-state index is 0.107. The number of nitrogens with two attached hydrogens (primary N) is 2. The fourth-order valence-corrected chi connectivity index (χ4v) is 1.13. The molecule has 5 nitrogen and oxygen atoms in total. The van der Waals surface area contributed by atoms with Gasteiger partial charge in [-0.2, -0.15) is 0 Å². The molecule has 0 unspecified atom stereocenters. The molecule has 0 aliphatic rings. The zero-order valence-corrected chi connectivity index (χ0v) is 8.85. The summed E-state index contributed by atoms with van der Waals surface area (Å²) in [6.07, 6.45) is 3.65. The van der Waals surface area contributed by atoms with E-state index in [-0.39, 0.29) is 12.5 Å². The third-order valence-electron chi connectivity index (χ3n) is 1.87. The van der Waals surface area contributed by atoms with E-state index in [2.05, 4.69) is 0 Å². The number of amides is 1. The molecule has 0 atom stereocenters. The fraction of sp³-hybridized carbons (Fsp3) is 0.182. The number of hydrogen-bond acceptors (Lipinski definition) is 4. The predicted molar refractivity (Wildman–Crippen MR) is 62.4 cm³/mol. The maximum absolute atomic E-state index is 10.9. The van der Waals surface area contributed by atoms with Crippen molar-refractivity contribution in [2.24, 2.45) is 11.6 Å². The van der Waals surface area contributed by atoms with Gasteiger partial charge in [0, 0.05) is 12.1 Å². The first-order valence-corrected chi connectivity index (χ1v) is 4.86. The van der Waals surface area contributed by atoms with Crippen LogP contribution in [0.4, 0.5) is 0 Å². The molecule has 0 aliphatic heterocycles. The van der Waals surface area contributed by atoms with Crippen LogP contribution in [0.3, 0.4) is 0 Å². The molecule has 1 amide bonds. The monoisotopic (exact) mass is 221 g/mol. The third kappa shape index (κ3) is 3.72. The summed E-state index contributed by atoms with van der Waals surface area (Å²) in [5.74, 6) is 5.19. The molecule has 0 saturated carbocycles. The Morgan fingerprint density at radius 2 is 2.19 bits per heavy atom. The van der Waals surface area contributed by atoms with Gasteiger partial charge in [0.2, 0.25) is 0 Å². The molecule has 1 aromatic rings. The molecule has 5 heteroatoms. The highest BCUT2D eigenvalue weighted by molar-refractivity contribution is 5.77. The van der Waals surface area contributed by atoms with Crippen LogP contribution in [-0.4, -0.2) is 19.1 Å². The highest BCUT2D eigenvalue weighted by Crippen LogP contribution is 2.19. The molecular formula is C11H15N3O2. The van der Waals surface area contributed by atoms with E-state index in [9.17, 15) is 4.79 Å². The summed E-state index contributed by atoms with van der Waals surface area (Å²) in [5, 5.41) is 0. The van der Waals surface area contributed by atoms with E-state index in [1.807, 2.05) is 35.8 Å². The van der Waals surface area contributed by atoms with Crippen LogP contribution in [0.2, 0.25) is 0 Å². The predicted octanol–water partition coefficient (Wildman–Crippen LogP) is 0.0272. The Balaban J connectivity index is 2.71. The molecule has 5 N–H and O–H groups in total. The van der Waals surface area contributed by atoms with E-state index >= 15 is 0 Å². The van der Waals surface area contributed by atoms with Crippen molar-refractivity contribution in [2.75, 3.05) is 13.2 Å². The molecule has 0 aliphatic carbocycles. The Kier molecular flexibility index (Phi) is 5.04. The lowest BCUT2D eigenvalue weighted by molar-refractivity contribution is -0.123. The van der Waals surface area contributed by atoms with E-state index in [0.717, 1.165) is 5.56 Å². The number of carbonyl (C=O) groups is 1. The first kappa shape index (κ1) is 12.2. The highest BCUT2D eigenvalue weighted by atomic mass is 16.5. The maximum atomic E-state index is 10.9. The van der Waals surface area contributed by atoms with Crippen molar-refractivity contribution in [3.63, 3.8) is 0 Å². The zero-order chi connectivity index (χ0) is 11.8. The quantitative estimate of drug-likeness (QED) is 0.371. The van der Waals surface area contributed by atoms with Gasteiger partial charge in [-0.05, 0) is 6.07 Å². The third-order valence-corrected chi connectivity index (χ3v) is 1.87. The molecule has 0 radical (unpaired) electrons. The lowest BCUT2D eigenvalue weighted by Crippen LogP contribution is -2.34. The molecule has 1 rings (SSSR count). The van der Waals surface area contributed by atoms with Gasteiger partial charge in [0.05, 0.1) is 0 Å². The normalized spacial score (nSPS) is 10.4. The van der Waals surface area contributed by atoms with Crippen LogP contribution >= 0.6 is 0 Å². The van der Waals surface area contributed by atoms with Crippen LogP contribution in [0, 0.1) is 0 Å². The second-order valence-electron chi connectivity index (χ2n) is 3.03. The number of nitrogens with one attached hydrogen (secondary N) is 1. The van der Waals surface area contributed by atoms with Crippen molar-refractivity contribution in [1.29, 1.82) is 0 Å². The smallest absolute Gasteiger partial charge is 0.271 e. The highest BCUT2D eigenvalue weighted by Gasteiger charge is 2.02. The zero-order valence-electron chi connectivity index (χ0n) is 8.85. The molecule has 0 bridgehead atoms. The molecule has 0 aromatic heterocycles. The molecule has 86 valence electrons. The topological polar surface area (TPSA) is 90.4 Å². The molecular weight excluding hydrogens is 206 g/mol. The van der Waals surface area contributed by atoms with Gasteiger partial charge in [0.1, 0.15) is 5.75 Å². The molecule has 0 spiro atoms. The Bertz CT molecular complexity index is 377. The van der Waals surface area contributed by atoms with Gasteiger partial charge in [-0.3, -0.25) is 10.2 Å². The SMILES string of the molecule is NCC=Cc1ccccc1OCC(=O)NN. The van der Waals surface area contributed by atoms with Crippen LogP contribution in [0.5, 0.6) is 5.75 Å². The fourth-order valence-electron chi connectivity index (χ4n) is 1.13.